The Labute approximate surface area is 98.6 Å². The summed E-state index contributed by atoms with van der Waals surface area (Å²) in [7, 11) is 0. The van der Waals surface area contributed by atoms with Crippen LogP contribution in [-0.2, 0) is 0 Å². The van der Waals surface area contributed by atoms with Crippen molar-refractivity contribution in [2.75, 3.05) is 0 Å². The highest BCUT2D eigenvalue weighted by molar-refractivity contribution is 9.09. The minimum atomic E-state index is 0.401. The van der Waals surface area contributed by atoms with E-state index in [0.29, 0.717) is 10.7 Å². The molecule has 0 N–H and O–H groups in total. The third kappa shape index (κ3) is 2.10. The van der Waals surface area contributed by atoms with E-state index in [0.717, 1.165) is 11.3 Å². The molecule has 0 radical (unpaired) electrons. The maximum absolute atomic E-state index is 5.82. The van der Waals surface area contributed by atoms with Crippen LogP contribution in [0, 0.1) is 6.92 Å². The van der Waals surface area contributed by atoms with Crippen LogP contribution in [0.1, 0.15) is 31.1 Å². The Bertz CT molecular complexity index is 470. The molecule has 80 valence electrons. The van der Waals surface area contributed by atoms with Crippen LogP contribution in [0.5, 0.6) is 0 Å². The average molecular weight is 267 g/mol. The van der Waals surface area contributed by atoms with Crippen molar-refractivity contribution in [3.8, 4) is 0 Å². The average Bonchev–Trinajstić information content (AvgIpc) is 2.58. The molecule has 0 aliphatic rings. The van der Waals surface area contributed by atoms with E-state index in [4.69, 9.17) is 4.42 Å². The summed E-state index contributed by atoms with van der Waals surface area (Å²) in [6, 6.07) is 8.43. The number of hydrogen-bond donors (Lipinski definition) is 0. The normalized spacial score (nSPS) is 15.5. The molecular formula is C13H15BrO. The first kappa shape index (κ1) is 10.7. The van der Waals surface area contributed by atoms with E-state index in [1.165, 1.54) is 10.9 Å². The molecule has 0 bridgehead atoms. The van der Waals surface area contributed by atoms with E-state index >= 15 is 0 Å². The Hall–Kier alpha value is -0.760. The van der Waals surface area contributed by atoms with Gasteiger partial charge in [-0.05, 0) is 25.1 Å². The zero-order valence-corrected chi connectivity index (χ0v) is 10.8. The molecule has 1 aromatic carbocycles. The van der Waals surface area contributed by atoms with Crippen LogP contribution >= 0.6 is 15.9 Å². The van der Waals surface area contributed by atoms with Gasteiger partial charge in [0.25, 0.3) is 0 Å². The summed E-state index contributed by atoms with van der Waals surface area (Å²) < 4.78 is 5.82. The summed E-state index contributed by atoms with van der Waals surface area (Å²) >= 11 is 3.59. The summed E-state index contributed by atoms with van der Waals surface area (Å²) in [5.41, 5.74) is 2.25. The first-order valence-electron chi connectivity index (χ1n) is 5.22. The highest BCUT2D eigenvalue weighted by Crippen LogP contribution is 2.30. The summed E-state index contributed by atoms with van der Waals surface area (Å²) in [5, 5.41) is 1.20. The molecule has 0 spiro atoms. The molecule has 2 heteroatoms. The number of benzene rings is 1. The maximum atomic E-state index is 5.82. The Morgan fingerprint density at radius 2 is 1.93 bits per heavy atom. The van der Waals surface area contributed by atoms with Crippen LogP contribution in [0.2, 0.25) is 0 Å². The lowest BCUT2D eigenvalue weighted by Crippen LogP contribution is -2.02. The van der Waals surface area contributed by atoms with Gasteiger partial charge in [0.1, 0.15) is 11.3 Å². The number of rotatable bonds is 2. The standard InChI is InChI=1S/C13H15BrO/c1-8-4-5-12-11(6-8)7-13(15-12)9(2)10(3)14/h4-7,9-10H,1-3H3. The SMILES string of the molecule is Cc1ccc2oc(C(C)C(C)Br)cc2c1. The monoisotopic (exact) mass is 266 g/mol. The third-order valence-corrected chi connectivity index (χ3v) is 3.62. The third-order valence-electron chi connectivity index (χ3n) is 2.83. The lowest BCUT2D eigenvalue weighted by molar-refractivity contribution is 0.506. The van der Waals surface area contributed by atoms with Crippen LogP contribution in [-0.4, -0.2) is 4.83 Å². The highest BCUT2D eigenvalue weighted by atomic mass is 79.9. The molecule has 2 unspecified atom stereocenters. The molecule has 1 nitrogen and oxygen atoms in total. The summed E-state index contributed by atoms with van der Waals surface area (Å²) in [4.78, 5) is 0.430. The van der Waals surface area contributed by atoms with Gasteiger partial charge in [-0.1, -0.05) is 41.4 Å². The zero-order valence-electron chi connectivity index (χ0n) is 9.25. The van der Waals surface area contributed by atoms with E-state index < -0.39 is 0 Å². The molecular weight excluding hydrogens is 252 g/mol. The van der Waals surface area contributed by atoms with Gasteiger partial charge in [0, 0.05) is 16.1 Å². The summed E-state index contributed by atoms with van der Waals surface area (Å²) in [6.45, 7) is 6.41. The van der Waals surface area contributed by atoms with Crippen molar-refractivity contribution in [3.63, 3.8) is 0 Å². The minimum absolute atomic E-state index is 0.401. The van der Waals surface area contributed by atoms with Crippen LogP contribution in [0.4, 0.5) is 0 Å². The van der Waals surface area contributed by atoms with Gasteiger partial charge in [-0.2, -0.15) is 0 Å². The zero-order chi connectivity index (χ0) is 11.0. The molecule has 0 saturated carbocycles. The molecule has 2 rings (SSSR count). The molecule has 0 aliphatic carbocycles. The smallest absolute Gasteiger partial charge is 0.134 e. The van der Waals surface area contributed by atoms with E-state index in [-0.39, 0.29) is 0 Å². The quantitative estimate of drug-likeness (QED) is 0.723. The van der Waals surface area contributed by atoms with Crippen molar-refractivity contribution in [2.45, 2.75) is 31.5 Å². The molecule has 0 aliphatic heterocycles. The number of furan rings is 1. The minimum Gasteiger partial charge on any atom is -0.461 e. The van der Waals surface area contributed by atoms with Crippen LogP contribution in [0.25, 0.3) is 11.0 Å². The van der Waals surface area contributed by atoms with E-state index in [9.17, 15) is 0 Å². The molecule has 2 atom stereocenters. The molecule has 0 fully saturated rings. The van der Waals surface area contributed by atoms with Gasteiger partial charge in [-0.25, -0.2) is 0 Å². The first-order valence-corrected chi connectivity index (χ1v) is 6.13. The van der Waals surface area contributed by atoms with E-state index in [1.807, 2.05) is 6.07 Å². The van der Waals surface area contributed by atoms with Gasteiger partial charge < -0.3 is 4.42 Å². The van der Waals surface area contributed by atoms with Crippen LogP contribution in [0.15, 0.2) is 28.7 Å². The number of halogens is 1. The van der Waals surface area contributed by atoms with Crippen molar-refractivity contribution in [3.05, 3.63) is 35.6 Å². The van der Waals surface area contributed by atoms with Gasteiger partial charge in [0.15, 0.2) is 0 Å². The second-order valence-corrected chi connectivity index (χ2v) is 5.60. The van der Waals surface area contributed by atoms with Gasteiger partial charge in [0.05, 0.1) is 0 Å². The fraction of sp³-hybridized carbons (Fsp3) is 0.385. The lowest BCUT2D eigenvalue weighted by Gasteiger charge is -2.09. The Morgan fingerprint density at radius 3 is 2.60 bits per heavy atom. The first-order chi connectivity index (χ1) is 7.08. The second-order valence-electron chi connectivity index (χ2n) is 4.16. The molecule has 1 heterocycles. The summed E-state index contributed by atoms with van der Waals surface area (Å²) in [5.74, 6) is 1.46. The Morgan fingerprint density at radius 1 is 1.20 bits per heavy atom. The number of hydrogen-bond acceptors (Lipinski definition) is 1. The predicted molar refractivity (Wildman–Crippen MR) is 67.8 cm³/mol. The fourth-order valence-electron chi connectivity index (χ4n) is 1.63. The van der Waals surface area contributed by atoms with Gasteiger partial charge >= 0.3 is 0 Å². The topological polar surface area (TPSA) is 13.1 Å². The highest BCUT2D eigenvalue weighted by Gasteiger charge is 2.15. The molecule has 0 amide bonds. The lowest BCUT2D eigenvalue weighted by atomic mass is 10.1. The van der Waals surface area contributed by atoms with Crippen molar-refractivity contribution >= 4 is 26.9 Å². The van der Waals surface area contributed by atoms with Crippen LogP contribution < -0.4 is 0 Å². The molecule has 1 aromatic heterocycles. The Kier molecular flexibility index (Phi) is 2.87. The van der Waals surface area contributed by atoms with Crippen LogP contribution in [0.3, 0.4) is 0 Å². The van der Waals surface area contributed by atoms with Crippen molar-refractivity contribution in [1.29, 1.82) is 0 Å². The number of fused-ring (bicyclic) bond motifs is 1. The predicted octanol–water partition coefficient (Wildman–Crippen LogP) is 4.63. The van der Waals surface area contributed by atoms with E-state index in [1.54, 1.807) is 0 Å². The largest absolute Gasteiger partial charge is 0.461 e. The van der Waals surface area contributed by atoms with Gasteiger partial charge in [-0.3, -0.25) is 0 Å². The fourth-order valence-corrected chi connectivity index (χ4v) is 1.89. The van der Waals surface area contributed by atoms with Crippen molar-refractivity contribution < 1.29 is 4.42 Å². The van der Waals surface area contributed by atoms with Crippen molar-refractivity contribution in [2.24, 2.45) is 0 Å². The number of aryl methyl sites for hydroxylation is 1. The van der Waals surface area contributed by atoms with E-state index in [2.05, 4.69) is 54.9 Å². The van der Waals surface area contributed by atoms with Crippen molar-refractivity contribution in [1.82, 2.24) is 0 Å². The second kappa shape index (κ2) is 4.01. The number of alkyl halides is 1. The molecule has 15 heavy (non-hydrogen) atoms. The van der Waals surface area contributed by atoms with Gasteiger partial charge in [0.2, 0.25) is 0 Å². The molecule has 2 aromatic rings. The summed E-state index contributed by atoms with van der Waals surface area (Å²) in [6.07, 6.45) is 0. The maximum Gasteiger partial charge on any atom is 0.134 e. The molecule has 0 saturated heterocycles. The Balaban J connectivity index is 2.47. The van der Waals surface area contributed by atoms with Gasteiger partial charge in [-0.15, -0.1) is 0 Å².